The summed E-state index contributed by atoms with van der Waals surface area (Å²) in [5.41, 5.74) is 2.48. The third kappa shape index (κ3) is 4.16. The second-order valence-corrected chi connectivity index (χ2v) is 6.53. The van der Waals surface area contributed by atoms with Gasteiger partial charge >= 0.3 is 0 Å². The molecule has 0 saturated heterocycles. The van der Waals surface area contributed by atoms with E-state index in [1.54, 1.807) is 7.11 Å². The normalized spacial score (nSPS) is 20.4. The average Bonchev–Trinajstić information content (AvgIpc) is 2.67. The summed E-state index contributed by atoms with van der Waals surface area (Å²) < 4.78 is 5.22. The van der Waals surface area contributed by atoms with Gasteiger partial charge < -0.3 is 10.1 Å². The highest BCUT2D eigenvalue weighted by Gasteiger charge is 2.26. The van der Waals surface area contributed by atoms with Crippen molar-refractivity contribution in [1.29, 1.82) is 0 Å². The largest absolute Gasteiger partial charge is 0.497 e. The van der Waals surface area contributed by atoms with Crippen LogP contribution in [0, 0.1) is 5.92 Å². The molecule has 1 amide bonds. The van der Waals surface area contributed by atoms with Crippen molar-refractivity contribution in [2.75, 3.05) is 7.11 Å². The van der Waals surface area contributed by atoms with Gasteiger partial charge in [0.15, 0.2) is 0 Å². The number of methoxy groups -OCH3 is 1. The van der Waals surface area contributed by atoms with E-state index in [-0.39, 0.29) is 11.8 Å². The first-order chi connectivity index (χ1) is 11.8. The number of ether oxygens (including phenoxy) is 1. The zero-order valence-electron chi connectivity index (χ0n) is 14.2. The summed E-state index contributed by atoms with van der Waals surface area (Å²) in [7, 11) is 1.66. The number of carbonyl (C=O) groups excluding carboxylic acids is 1. The van der Waals surface area contributed by atoms with E-state index in [9.17, 15) is 4.79 Å². The second kappa shape index (κ2) is 8.00. The third-order valence-corrected chi connectivity index (χ3v) is 4.97. The molecule has 24 heavy (non-hydrogen) atoms. The third-order valence-electron chi connectivity index (χ3n) is 4.97. The Hall–Kier alpha value is -2.29. The van der Waals surface area contributed by atoms with Crippen LogP contribution >= 0.6 is 0 Å². The van der Waals surface area contributed by atoms with Gasteiger partial charge in [0.25, 0.3) is 0 Å². The van der Waals surface area contributed by atoms with E-state index in [0.29, 0.717) is 12.5 Å². The second-order valence-electron chi connectivity index (χ2n) is 6.53. The Kier molecular flexibility index (Phi) is 5.52. The van der Waals surface area contributed by atoms with Gasteiger partial charge in [-0.1, -0.05) is 42.5 Å². The summed E-state index contributed by atoms with van der Waals surface area (Å²) in [6.45, 7) is 0.564. The minimum Gasteiger partial charge on any atom is -0.497 e. The molecule has 3 heteroatoms. The van der Waals surface area contributed by atoms with Crippen molar-refractivity contribution in [3.63, 3.8) is 0 Å². The molecule has 1 aliphatic carbocycles. The molecule has 0 heterocycles. The van der Waals surface area contributed by atoms with E-state index in [2.05, 4.69) is 35.6 Å². The van der Waals surface area contributed by atoms with Crippen LogP contribution in [0.15, 0.2) is 54.6 Å². The molecule has 2 aromatic rings. The van der Waals surface area contributed by atoms with E-state index in [4.69, 9.17) is 4.74 Å². The molecule has 0 atom stereocenters. The molecule has 0 unspecified atom stereocenters. The van der Waals surface area contributed by atoms with Crippen LogP contribution in [0.4, 0.5) is 0 Å². The zero-order valence-corrected chi connectivity index (χ0v) is 14.2. The van der Waals surface area contributed by atoms with Gasteiger partial charge in [-0.05, 0) is 54.9 Å². The Bertz CT molecular complexity index is 661. The average molecular weight is 323 g/mol. The molecule has 0 radical (unpaired) electrons. The molecule has 126 valence electrons. The Morgan fingerprint density at radius 3 is 2.50 bits per heavy atom. The first-order valence-corrected chi connectivity index (χ1v) is 8.72. The summed E-state index contributed by atoms with van der Waals surface area (Å²) in [4.78, 5) is 12.4. The van der Waals surface area contributed by atoms with E-state index in [1.165, 1.54) is 5.56 Å². The van der Waals surface area contributed by atoms with Gasteiger partial charge in [-0.25, -0.2) is 0 Å². The van der Waals surface area contributed by atoms with Crippen molar-refractivity contribution in [1.82, 2.24) is 5.32 Å². The quantitative estimate of drug-likeness (QED) is 0.891. The molecular formula is C21H25NO2. The lowest BCUT2D eigenvalue weighted by Crippen LogP contribution is -2.32. The van der Waals surface area contributed by atoms with E-state index >= 15 is 0 Å². The van der Waals surface area contributed by atoms with Crippen LogP contribution in [0.2, 0.25) is 0 Å². The maximum Gasteiger partial charge on any atom is 0.223 e. The topological polar surface area (TPSA) is 38.3 Å². The highest BCUT2D eigenvalue weighted by Crippen LogP contribution is 2.35. The molecule has 3 nitrogen and oxygen atoms in total. The minimum atomic E-state index is 0.149. The van der Waals surface area contributed by atoms with Crippen LogP contribution in [0.1, 0.15) is 42.7 Å². The predicted molar refractivity (Wildman–Crippen MR) is 96.0 cm³/mol. The molecule has 0 aromatic heterocycles. The number of benzene rings is 2. The lowest BCUT2D eigenvalue weighted by molar-refractivity contribution is -0.126. The van der Waals surface area contributed by atoms with Crippen LogP contribution in [0.25, 0.3) is 0 Å². The molecule has 1 N–H and O–H groups in total. The first-order valence-electron chi connectivity index (χ1n) is 8.72. The van der Waals surface area contributed by atoms with Crippen molar-refractivity contribution in [2.45, 2.75) is 38.1 Å². The van der Waals surface area contributed by atoms with Gasteiger partial charge in [0, 0.05) is 12.5 Å². The minimum absolute atomic E-state index is 0.149. The summed E-state index contributed by atoms with van der Waals surface area (Å²) >= 11 is 0. The molecule has 1 aliphatic rings. The fourth-order valence-electron chi connectivity index (χ4n) is 3.53. The molecule has 0 bridgehead atoms. The standard InChI is InChI=1S/C21H25NO2/c1-24-20-9-5-6-16(14-20)15-22-21(23)19-12-10-18(11-13-19)17-7-3-2-4-8-17/h2-9,14,18-19H,10-13,15H2,1H3,(H,22,23). The van der Waals surface area contributed by atoms with E-state index < -0.39 is 0 Å². The zero-order chi connectivity index (χ0) is 16.8. The Morgan fingerprint density at radius 1 is 1.04 bits per heavy atom. The van der Waals surface area contributed by atoms with E-state index in [1.807, 2.05) is 24.3 Å². The van der Waals surface area contributed by atoms with Crippen molar-refractivity contribution < 1.29 is 9.53 Å². The highest BCUT2D eigenvalue weighted by molar-refractivity contribution is 5.78. The predicted octanol–water partition coefficient (Wildman–Crippen LogP) is 4.29. The summed E-state index contributed by atoms with van der Waals surface area (Å²) in [6.07, 6.45) is 4.15. The summed E-state index contributed by atoms with van der Waals surface area (Å²) in [6, 6.07) is 18.5. The van der Waals surface area contributed by atoms with Gasteiger partial charge in [-0.15, -0.1) is 0 Å². The molecular weight excluding hydrogens is 298 g/mol. The molecule has 1 saturated carbocycles. The smallest absolute Gasteiger partial charge is 0.223 e. The van der Waals surface area contributed by atoms with Gasteiger partial charge in [0.1, 0.15) is 5.75 Å². The van der Waals surface area contributed by atoms with Crippen LogP contribution in [0.5, 0.6) is 5.75 Å². The molecule has 2 aromatic carbocycles. The van der Waals surface area contributed by atoms with Crippen molar-refractivity contribution >= 4 is 5.91 Å². The van der Waals surface area contributed by atoms with Crippen molar-refractivity contribution in [3.05, 3.63) is 65.7 Å². The fourth-order valence-corrected chi connectivity index (χ4v) is 3.53. The number of hydrogen-bond donors (Lipinski definition) is 1. The Balaban J connectivity index is 1.48. The number of carbonyl (C=O) groups is 1. The van der Waals surface area contributed by atoms with Crippen LogP contribution in [-0.4, -0.2) is 13.0 Å². The number of nitrogens with one attached hydrogen (secondary N) is 1. The van der Waals surface area contributed by atoms with Crippen molar-refractivity contribution in [3.8, 4) is 5.75 Å². The lowest BCUT2D eigenvalue weighted by atomic mass is 9.78. The lowest BCUT2D eigenvalue weighted by Gasteiger charge is -2.28. The van der Waals surface area contributed by atoms with Gasteiger partial charge in [0.2, 0.25) is 5.91 Å². The first kappa shape index (κ1) is 16.6. The van der Waals surface area contributed by atoms with Gasteiger partial charge in [0.05, 0.1) is 7.11 Å². The van der Waals surface area contributed by atoms with Crippen LogP contribution < -0.4 is 10.1 Å². The number of rotatable bonds is 5. The van der Waals surface area contributed by atoms with E-state index in [0.717, 1.165) is 37.0 Å². The highest BCUT2D eigenvalue weighted by atomic mass is 16.5. The molecule has 0 spiro atoms. The molecule has 1 fully saturated rings. The van der Waals surface area contributed by atoms with Gasteiger partial charge in [-0.3, -0.25) is 4.79 Å². The number of amides is 1. The van der Waals surface area contributed by atoms with Crippen LogP contribution in [-0.2, 0) is 11.3 Å². The summed E-state index contributed by atoms with van der Waals surface area (Å²) in [5, 5.41) is 3.08. The maximum absolute atomic E-state index is 12.4. The Morgan fingerprint density at radius 2 is 1.79 bits per heavy atom. The molecule has 3 rings (SSSR count). The fraction of sp³-hybridized carbons (Fsp3) is 0.381. The molecule has 0 aliphatic heterocycles. The maximum atomic E-state index is 12.4. The monoisotopic (exact) mass is 323 g/mol. The van der Waals surface area contributed by atoms with Crippen LogP contribution in [0.3, 0.4) is 0 Å². The number of hydrogen-bond acceptors (Lipinski definition) is 2. The van der Waals surface area contributed by atoms with Gasteiger partial charge in [-0.2, -0.15) is 0 Å². The SMILES string of the molecule is COc1cccc(CNC(=O)C2CCC(c3ccccc3)CC2)c1. The van der Waals surface area contributed by atoms with Crippen molar-refractivity contribution in [2.24, 2.45) is 5.92 Å². The summed E-state index contributed by atoms with van der Waals surface area (Å²) in [5.74, 6) is 1.76. The Labute approximate surface area is 144 Å².